The smallest absolute Gasteiger partial charge is 0.0593 e. The van der Waals surface area contributed by atoms with E-state index in [2.05, 4.69) is 11.8 Å². The Bertz CT molecular complexity index is 386. The normalized spacial score (nSPS) is 28.0. The van der Waals surface area contributed by atoms with Crippen LogP contribution >= 0.6 is 0 Å². The van der Waals surface area contributed by atoms with Crippen molar-refractivity contribution in [2.24, 2.45) is 17.3 Å². The van der Waals surface area contributed by atoms with Gasteiger partial charge in [-0.25, -0.2) is 0 Å². The predicted octanol–water partition coefficient (Wildman–Crippen LogP) is 5.67. The number of fused-ring (bicyclic) bond motifs is 2. The van der Waals surface area contributed by atoms with E-state index in [0.717, 1.165) is 63.3 Å². The highest BCUT2D eigenvalue weighted by Crippen LogP contribution is 2.56. The molecule has 0 atom stereocenters. The zero-order valence-electron chi connectivity index (χ0n) is 18.1. The monoisotopic (exact) mass is 379 g/mol. The van der Waals surface area contributed by atoms with Gasteiger partial charge in [0, 0.05) is 26.3 Å². The van der Waals surface area contributed by atoms with Crippen LogP contribution in [0.5, 0.6) is 0 Å². The molecule has 0 aromatic heterocycles. The summed E-state index contributed by atoms with van der Waals surface area (Å²) in [5, 5.41) is 0. The van der Waals surface area contributed by atoms with Crippen molar-refractivity contribution in [2.75, 3.05) is 46.1 Å². The maximum Gasteiger partial charge on any atom is 0.0593 e. The summed E-state index contributed by atoms with van der Waals surface area (Å²) in [6, 6.07) is 0. The van der Waals surface area contributed by atoms with Gasteiger partial charge in [0.05, 0.1) is 13.2 Å². The molecule has 3 saturated carbocycles. The van der Waals surface area contributed by atoms with Gasteiger partial charge in [0.1, 0.15) is 0 Å². The molecule has 3 nitrogen and oxygen atoms in total. The van der Waals surface area contributed by atoms with Crippen molar-refractivity contribution in [3.8, 4) is 0 Å². The first kappa shape index (κ1) is 21.6. The summed E-state index contributed by atoms with van der Waals surface area (Å²) in [4.78, 5) is 2.47. The maximum atomic E-state index is 5.95. The lowest BCUT2D eigenvalue weighted by Gasteiger charge is -2.26. The molecule has 3 aliphatic carbocycles. The number of hydrogen-bond acceptors (Lipinski definition) is 3. The van der Waals surface area contributed by atoms with Crippen molar-refractivity contribution in [3.63, 3.8) is 0 Å². The Morgan fingerprint density at radius 3 is 2.11 bits per heavy atom. The Morgan fingerprint density at radius 1 is 0.852 bits per heavy atom. The molecule has 0 spiro atoms. The first-order valence-electron chi connectivity index (χ1n) is 12.2. The quantitative estimate of drug-likeness (QED) is 0.342. The van der Waals surface area contributed by atoms with Gasteiger partial charge in [-0.05, 0) is 81.6 Å². The molecule has 0 N–H and O–H groups in total. The van der Waals surface area contributed by atoms with Gasteiger partial charge >= 0.3 is 0 Å². The van der Waals surface area contributed by atoms with Crippen LogP contribution in [0.1, 0.15) is 90.4 Å². The van der Waals surface area contributed by atoms with Gasteiger partial charge in [-0.1, -0.05) is 32.6 Å². The van der Waals surface area contributed by atoms with Crippen LogP contribution in [-0.2, 0) is 9.47 Å². The molecule has 3 heteroatoms. The zero-order chi connectivity index (χ0) is 18.8. The second kappa shape index (κ2) is 11.8. The highest BCUT2D eigenvalue weighted by Gasteiger charge is 2.43. The molecule has 0 heterocycles. The highest BCUT2D eigenvalue weighted by molar-refractivity contribution is 4.95. The van der Waals surface area contributed by atoms with E-state index in [1.54, 1.807) is 0 Å². The first-order valence-corrected chi connectivity index (χ1v) is 12.2. The molecule has 2 bridgehead atoms. The maximum absolute atomic E-state index is 5.95. The van der Waals surface area contributed by atoms with Crippen molar-refractivity contribution >= 4 is 0 Å². The number of nitrogens with zero attached hydrogens (tertiary/aromatic N) is 1. The number of ether oxygens (including phenoxy) is 2. The summed E-state index contributed by atoms with van der Waals surface area (Å²) in [5.74, 6) is 2.08. The van der Waals surface area contributed by atoms with E-state index in [4.69, 9.17) is 9.47 Å². The average molecular weight is 380 g/mol. The molecule has 3 aliphatic rings. The summed E-state index contributed by atoms with van der Waals surface area (Å²) in [6.45, 7) is 9.11. The Hall–Kier alpha value is -0.120. The van der Waals surface area contributed by atoms with Crippen LogP contribution in [0.2, 0.25) is 0 Å². The molecule has 0 amide bonds. The highest BCUT2D eigenvalue weighted by atomic mass is 16.5. The van der Waals surface area contributed by atoms with Crippen LogP contribution in [0.3, 0.4) is 0 Å². The molecule has 3 fully saturated rings. The van der Waals surface area contributed by atoms with Gasteiger partial charge in [-0.15, -0.1) is 0 Å². The van der Waals surface area contributed by atoms with Crippen LogP contribution in [0, 0.1) is 17.3 Å². The molecule has 0 saturated heterocycles. The van der Waals surface area contributed by atoms with Gasteiger partial charge in [-0.3, -0.25) is 4.90 Å². The molecule has 0 aromatic rings. The first-order chi connectivity index (χ1) is 13.3. The van der Waals surface area contributed by atoms with Gasteiger partial charge in [0.2, 0.25) is 0 Å². The van der Waals surface area contributed by atoms with Gasteiger partial charge in [0.25, 0.3) is 0 Å². The molecule has 158 valence electrons. The van der Waals surface area contributed by atoms with Crippen LogP contribution in [0.4, 0.5) is 0 Å². The second-order valence-corrected chi connectivity index (χ2v) is 9.70. The molecule has 3 rings (SSSR count). The Morgan fingerprint density at radius 2 is 1.52 bits per heavy atom. The van der Waals surface area contributed by atoms with E-state index in [-0.39, 0.29) is 0 Å². The van der Waals surface area contributed by atoms with E-state index in [9.17, 15) is 0 Å². The molecule has 27 heavy (non-hydrogen) atoms. The average Bonchev–Trinajstić information content (AvgIpc) is 3.43. The predicted molar refractivity (Wildman–Crippen MR) is 113 cm³/mol. The summed E-state index contributed by atoms with van der Waals surface area (Å²) in [6.07, 6.45) is 18.7. The second-order valence-electron chi connectivity index (χ2n) is 9.70. The summed E-state index contributed by atoms with van der Waals surface area (Å²) in [7, 11) is 0. The third kappa shape index (κ3) is 7.33. The molecule has 0 aromatic carbocycles. The summed E-state index contributed by atoms with van der Waals surface area (Å²) < 4.78 is 11.8. The van der Waals surface area contributed by atoms with Gasteiger partial charge in [0.15, 0.2) is 0 Å². The molecule has 0 radical (unpaired) electrons. The van der Waals surface area contributed by atoms with Crippen molar-refractivity contribution in [2.45, 2.75) is 90.4 Å². The standard InChI is InChI=1S/C24H45NO2/c1-2-25(15-19-26-17-5-9-22-7-3-4-8-22)16-20-27-18-6-12-24-13-10-23(21-24)11-14-24/h22-23H,2-21H2,1H3. The fourth-order valence-electron chi connectivity index (χ4n) is 6.00. The minimum Gasteiger partial charge on any atom is -0.380 e. The van der Waals surface area contributed by atoms with Crippen molar-refractivity contribution in [3.05, 3.63) is 0 Å². The number of rotatable bonds is 15. The Balaban J connectivity index is 1.11. The lowest BCUT2D eigenvalue weighted by molar-refractivity contribution is 0.0701. The Labute approximate surface area is 168 Å². The largest absolute Gasteiger partial charge is 0.380 e. The third-order valence-electron chi connectivity index (χ3n) is 7.81. The minimum absolute atomic E-state index is 0.735. The zero-order valence-corrected chi connectivity index (χ0v) is 18.1. The summed E-state index contributed by atoms with van der Waals surface area (Å²) >= 11 is 0. The van der Waals surface area contributed by atoms with Crippen LogP contribution in [0.25, 0.3) is 0 Å². The molecule has 0 unspecified atom stereocenters. The minimum atomic E-state index is 0.735. The molecule has 0 aliphatic heterocycles. The van der Waals surface area contributed by atoms with Crippen LogP contribution in [-0.4, -0.2) is 51.0 Å². The SMILES string of the molecule is CCN(CCOCCCC1CCCC1)CCOCCCC12CCC(CC1)C2. The Kier molecular flexibility index (Phi) is 9.42. The topological polar surface area (TPSA) is 21.7 Å². The summed E-state index contributed by atoms with van der Waals surface area (Å²) in [5.41, 5.74) is 0.735. The fourth-order valence-corrected chi connectivity index (χ4v) is 6.00. The van der Waals surface area contributed by atoms with Crippen LogP contribution < -0.4 is 0 Å². The van der Waals surface area contributed by atoms with Gasteiger partial charge < -0.3 is 9.47 Å². The number of likely N-dealkylation sites (N-methyl/N-ethyl adjacent to an activating group) is 1. The van der Waals surface area contributed by atoms with E-state index >= 15 is 0 Å². The van der Waals surface area contributed by atoms with E-state index in [0.29, 0.717) is 0 Å². The van der Waals surface area contributed by atoms with Crippen LogP contribution in [0.15, 0.2) is 0 Å². The molecular weight excluding hydrogens is 334 g/mol. The van der Waals surface area contributed by atoms with Crippen molar-refractivity contribution in [1.29, 1.82) is 0 Å². The van der Waals surface area contributed by atoms with Gasteiger partial charge in [-0.2, -0.15) is 0 Å². The van der Waals surface area contributed by atoms with E-state index in [1.807, 2.05) is 0 Å². The lowest BCUT2D eigenvalue weighted by atomic mass is 9.80. The van der Waals surface area contributed by atoms with E-state index in [1.165, 1.54) is 83.5 Å². The van der Waals surface area contributed by atoms with Crippen molar-refractivity contribution in [1.82, 2.24) is 4.90 Å². The van der Waals surface area contributed by atoms with Crippen molar-refractivity contribution < 1.29 is 9.47 Å². The number of hydrogen-bond donors (Lipinski definition) is 0. The molecular formula is C24H45NO2. The third-order valence-corrected chi connectivity index (χ3v) is 7.81. The van der Waals surface area contributed by atoms with E-state index < -0.39 is 0 Å². The lowest BCUT2D eigenvalue weighted by Crippen LogP contribution is -2.31. The fraction of sp³-hybridized carbons (Fsp3) is 1.00.